The van der Waals surface area contributed by atoms with Crippen LogP contribution in [-0.2, 0) is 37.7 Å². The normalized spacial score (nSPS) is 20.0. The molecular formula is C36H42N8O3. The van der Waals surface area contributed by atoms with Gasteiger partial charge in [-0.15, -0.1) is 0 Å². The molecular weight excluding hydrogens is 592 g/mol. The molecule has 1 atom stereocenters. The minimum Gasteiger partial charge on any atom is -0.378 e. The molecule has 1 N–H and O–H groups in total. The number of fused-ring (bicyclic) bond motifs is 3. The van der Waals surface area contributed by atoms with E-state index in [1.165, 1.54) is 42.6 Å². The minimum absolute atomic E-state index is 0.174. The summed E-state index contributed by atoms with van der Waals surface area (Å²) < 4.78 is 9.45. The fourth-order valence-corrected chi connectivity index (χ4v) is 7.75. The number of piperazine rings is 1. The highest BCUT2D eigenvalue weighted by Gasteiger charge is 2.32. The van der Waals surface area contributed by atoms with Crippen LogP contribution in [0.25, 0.3) is 11.1 Å². The van der Waals surface area contributed by atoms with Gasteiger partial charge in [0.15, 0.2) is 6.29 Å². The lowest BCUT2D eigenvalue weighted by Gasteiger charge is -2.46. The third kappa shape index (κ3) is 5.61. The zero-order valence-corrected chi connectivity index (χ0v) is 27.2. The highest BCUT2D eigenvalue weighted by Crippen LogP contribution is 2.32. The van der Waals surface area contributed by atoms with E-state index in [0.717, 1.165) is 81.4 Å². The zero-order valence-electron chi connectivity index (χ0n) is 27.2. The van der Waals surface area contributed by atoms with Gasteiger partial charge in [-0.25, -0.2) is 9.97 Å². The van der Waals surface area contributed by atoms with E-state index in [0.29, 0.717) is 29.2 Å². The van der Waals surface area contributed by atoms with Crippen molar-refractivity contribution in [1.82, 2.24) is 24.0 Å². The number of nitrogens with one attached hydrogen (secondary N) is 1. The van der Waals surface area contributed by atoms with Gasteiger partial charge in [-0.1, -0.05) is 0 Å². The first-order chi connectivity index (χ1) is 22.9. The van der Waals surface area contributed by atoms with E-state index < -0.39 is 0 Å². The largest absolute Gasteiger partial charge is 0.378 e. The number of anilines is 4. The molecule has 4 aromatic heterocycles. The molecule has 0 bridgehead atoms. The number of aryl methyl sites for hydroxylation is 2. The molecule has 4 aliphatic rings. The fraction of sp³-hybridized carbons (Fsp3) is 0.444. The predicted octanol–water partition coefficient (Wildman–Crippen LogP) is 4.01. The van der Waals surface area contributed by atoms with Crippen molar-refractivity contribution >= 4 is 29.3 Å². The van der Waals surface area contributed by atoms with Crippen LogP contribution in [-0.4, -0.2) is 81.8 Å². The summed E-state index contributed by atoms with van der Waals surface area (Å²) in [6.45, 7) is 9.44. The van der Waals surface area contributed by atoms with E-state index in [4.69, 9.17) is 9.72 Å². The third-order valence-corrected chi connectivity index (χ3v) is 10.4. The van der Waals surface area contributed by atoms with Crippen LogP contribution in [0.2, 0.25) is 0 Å². The summed E-state index contributed by atoms with van der Waals surface area (Å²) in [7, 11) is 1.73. The van der Waals surface area contributed by atoms with E-state index in [1.807, 2.05) is 24.4 Å². The monoisotopic (exact) mass is 634 g/mol. The van der Waals surface area contributed by atoms with E-state index in [-0.39, 0.29) is 5.56 Å². The summed E-state index contributed by atoms with van der Waals surface area (Å²) in [5.41, 5.74) is 7.62. The van der Waals surface area contributed by atoms with Gasteiger partial charge in [-0.3, -0.25) is 14.5 Å². The first-order valence-corrected chi connectivity index (χ1v) is 16.9. The quantitative estimate of drug-likeness (QED) is 0.303. The molecule has 0 aromatic carbocycles. The molecule has 1 aliphatic carbocycles. The van der Waals surface area contributed by atoms with Gasteiger partial charge < -0.3 is 29.0 Å². The summed E-state index contributed by atoms with van der Waals surface area (Å²) in [5, 5.41) is 3.25. The smallest absolute Gasteiger partial charge is 0.274 e. The molecule has 0 amide bonds. The van der Waals surface area contributed by atoms with Gasteiger partial charge in [-0.05, 0) is 74.1 Å². The topological polar surface area (TPSA) is 101 Å². The highest BCUT2D eigenvalue weighted by molar-refractivity contribution is 5.88. The number of nitrogens with zero attached hydrogens (tertiary/aromatic N) is 7. The number of ether oxygens (including phenoxy) is 1. The molecule has 8 rings (SSSR count). The van der Waals surface area contributed by atoms with Crippen LogP contribution in [0, 0.1) is 0 Å². The van der Waals surface area contributed by atoms with E-state index >= 15 is 0 Å². The number of aromatic nitrogens is 4. The molecule has 11 heteroatoms. The lowest BCUT2D eigenvalue weighted by atomic mass is 9.98. The molecule has 3 aliphatic heterocycles. The van der Waals surface area contributed by atoms with Gasteiger partial charge in [0.05, 0.1) is 37.7 Å². The predicted molar refractivity (Wildman–Crippen MR) is 183 cm³/mol. The molecule has 11 nitrogen and oxygen atoms in total. The Morgan fingerprint density at radius 3 is 2.64 bits per heavy atom. The molecule has 47 heavy (non-hydrogen) atoms. The van der Waals surface area contributed by atoms with Crippen molar-refractivity contribution in [3.63, 3.8) is 0 Å². The lowest BCUT2D eigenvalue weighted by molar-refractivity contribution is -0.0691. The molecule has 0 radical (unpaired) electrons. The summed E-state index contributed by atoms with van der Waals surface area (Å²) in [4.78, 5) is 42.0. The van der Waals surface area contributed by atoms with Gasteiger partial charge in [0.2, 0.25) is 0 Å². The van der Waals surface area contributed by atoms with Crippen molar-refractivity contribution in [3.05, 3.63) is 81.8 Å². The SMILES string of the molecule is CC1CN(C2COC2)CCN1c1ccc(Nc2cc(-c3cc(N4CCn5c(cc6c5CCCC6)C4)ncc3C=O)cn(C)c2=O)nc1. The second-order valence-corrected chi connectivity index (χ2v) is 13.4. The van der Waals surface area contributed by atoms with Crippen molar-refractivity contribution in [2.24, 2.45) is 7.05 Å². The van der Waals surface area contributed by atoms with Gasteiger partial charge in [0.25, 0.3) is 5.56 Å². The van der Waals surface area contributed by atoms with Crippen molar-refractivity contribution in [2.45, 2.75) is 57.8 Å². The maximum atomic E-state index is 13.3. The molecule has 244 valence electrons. The standard InChI is InChI=1S/C36H42N8O3/c1-24-18-41(30-22-47-23-30)9-11-43(24)28-7-8-34(37-17-28)39-32-14-26(19-40(2)36(32)46)31-15-35(38-16-27(31)21-45)42-10-12-44-29(20-42)13-25-5-3-4-6-33(25)44/h7-8,13-17,19,21,24,30H,3-6,9-12,18,20,22-23H2,1-2H3,(H,37,39). The Balaban J connectivity index is 1.02. The average Bonchev–Trinajstić information content (AvgIpc) is 3.44. The van der Waals surface area contributed by atoms with Crippen molar-refractivity contribution in [2.75, 3.05) is 54.5 Å². The van der Waals surface area contributed by atoms with E-state index in [1.54, 1.807) is 24.0 Å². The fourth-order valence-electron chi connectivity index (χ4n) is 7.75. The Morgan fingerprint density at radius 1 is 1.00 bits per heavy atom. The van der Waals surface area contributed by atoms with Crippen molar-refractivity contribution < 1.29 is 9.53 Å². The van der Waals surface area contributed by atoms with Gasteiger partial charge in [0, 0.05) is 80.7 Å². The Hall–Kier alpha value is -4.48. The number of rotatable bonds is 7. The Bertz CT molecular complexity index is 1860. The number of hydrogen-bond acceptors (Lipinski definition) is 9. The third-order valence-electron chi connectivity index (χ3n) is 10.4. The molecule has 7 heterocycles. The molecule has 0 spiro atoms. The number of carbonyl (C=O) groups excluding carboxylic acids is 1. The van der Waals surface area contributed by atoms with Crippen LogP contribution in [0.4, 0.5) is 23.0 Å². The second-order valence-electron chi connectivity index (χ2n) is 13.4. The first-order valence-electron chi connectivity index (χ1n) is 16.9. The summed E-state index contributed by atoms with van der Waals surface area (Å²) in [5.74, 6) is 1.42. The lowest BCUT2D eigenvalue weighted by Crippen LogP contribution is -2.59. The maximum absolute atomic E-state index is 13.3. The van der Waals surface area contributed by atoms with Crippen molar-refractivity contribution in [1.29, 1.82) is 0 Å². The van der Waals surface area contributed by atoms with Crippen LogP contribution < -0.4 is 20.7 Å². The van der Waals surface area contributed by atoms with Gasteiger partial charge in [0.1, 0.15) is 17.3 Å². The number of aldehydes is 1. The highest BCUT2D eigenvalue weighted by atomic mass is 16.5. The van der Waals surface area contributed by atoms with Crippen molar-refractivity contribution in [3.8, 4) is 11.1 Å². The summed E-state index contributed by atoms with van der Waals surface area (Å²) >= 11 is 0. The number of pyridine rings is 3. The first kappa shape index (κ1) is 29.9. The van der Waals surface area contributed by atoms with Crippen LogP contribution in [0.5, 0.6) is 0 Å². The number of carbonyl (C=O) groups is 1. The van der Waals surface area contributed by atoms with E-state index in [2.05, 4.69) is 48.6 Å². The molecule has 2 saturated heterocycles. The average molecular weight is 635 g/mol. The summed E-state index contributed by atoms with van der Waals surface area (Å²) in [6, 6.07) is 11.1. The molecule has 2 fully saturated rings. The molecule has 1 unspecified atom stereocenters. The minimum atomic E-state index is -0.174. The number of hydrogen-bond donors (Lipinski definition) is 1. The Labute approximate surface area is 274 Å². The van der Waals surface area contributed by atoms with Gasteiger partial charge >= 0.3 is 0 Å². The molecule has 0 saturated carbocycles. The molecule has 4 aromatic rings. The van der Waals surface area contributed by atoms with Crippen LogP contribution in [0.15, 0.2) is 53.7 Å². The van der Waals surface area contributed by atoms with Crippen LogP contribution >= 0.6 is 0 Å². The van der Waals surface area contributed by atoms with Crippen LogP contribution in [0.3, 0.4) is 0 Å². The van der Waals surface area contributed by atoms with Gasteiger partial charge in [-0.2, -0.15) is 0 Å². The van der Waals surface area contributed by atoms with Crippen LogP contribution in [0.1, 0.15) is 47.1 Å². The second kappa shape index (κ2) is 12.3. The maximum Gasteiger partial charge on any atom is 0.274 e. The zero-order chi connectivity index (χ0) is 32.1. The van der Waals surface area contributed by atoms with E-state index in [9.17, 15) is 9.59 Å². The summed E-state index contributed by atoms with van der Waals surface area (Å²) in [6.07, 6.45) is 11.0. The Kier molecular flexibility index (Phi) is 7.81. The Morgan fingerprint density at radius 2 is 1.87 bits per heavy atom.